The van der Waals surface area contributed by atoms with Gasteiger partial charge in [0.2, 0.25) is 0 Å². The fourth-order valence-corrected chi connectivity index (χ4v) is 3.33. The van der Waals surface area contributed by atoms with Crippen LogP contribution in [0.2, 0.25) is 4.34 Å². The van der Waals surface area contributed by atoms with Crippen LogP contribution < -0.4 is 10.5 Å². The van der Waals surface area contributed by atoms with Gasteiger partial charge in [0.15, 0.2) is 0 Å². The smallest absolute Gasteiger partial charge is 0.387 e. The fraction of sp³-hybridized carbons (Fsp3) is 0.167. The van der Waals surface area contributed by atoms with Crippen LogP contribution in [0, 0.1) is 0 Å². The lowest BCUT2D eigenvalue weighted by molar-refractivity contribution is -0.0498. The van der Waals surface area contributed by atoms with E-state index in [0.29, 0.717) is 9.90 Å². The van der Waals surface area contributed by atoms with Crippen molar-refractivity contribution in [3.63, 3.8) is 0 Å². The largest absolute Gasteiger partial charge is 0.435 e. The molecule has 0 fully saturated rings. The van der Waals surface area contributed by atoms with Crippen molar-refractivity contribution in [1.82, 2.24) is 0 Å². The summed E-state index contributed by atoms with van der Waals surface area (Å²) in [6.07, 6.45) is 0. The average molecular weight is 369 g/mol. The summed E-state index contributed by atoms with van der Waals surface area (Å²) < 4.78 is 30.0. The topological polar surface area (TPSA) is 35.2 Å². The molecule has 0 aliphatic rings. The number of hydrogen-bond acceptors (Lipinski definition) is 3. The molecule has 19 heavy (non-hydrogen) atoms. The van der Waals surface area contributed by atoms with Crippen molar-refractivity contribution >= 4 is 38.9 Å². The third kappa shape index (κ3) is 3.66. The van der Waals surface area contributed by atoms with Gasteiger partial charge in [-0.25, -0.2) is 0 Å². The zero-order valence-corrected chi connectivity index (χ0v) is 12.6. The van der Waals surface area contributed by atoms with Crippen molar-refractivity contribution in [2.45, 2.75) is 12.7 Å². The number of rotatable bonds is 4. The molecular weight excluding hydrogens is 360 g/mol. The Morgan fingerprint density at radius 2 is 2.05 bits per heavy atom. The molecule has 2 aromatic rings. The third-order valence-corrected chi connectivity index (χ3v) is 4.97. The second-order valence-electron chi connectivity index (χ2n) is 3.70. The maximum Gasteiger partial charge on any atom is 0.387 e. The van der Waals surface area contributed by atoms with Gasteiger partial charge in [0.1, 0.15) is 10.1 Å². The minimum Gasteiger partial charge on any atom is -0.435 e. The van der Waals surface area contributed by atoms with Gasteiger partial charge in [-0.2, -0.15) is 8.78 Å². The van der Waals surface area contributed by atoms with E-state index in [-0.39, 0.29) is 5.75 Å². The van der Waals surface area contributed by atoms with Gasteiger partial charge < -0.3 is 10.5 Å². The highest BCUT2D eigenvalue weighted by atomic mass is 79.9. The van der Waals surface area contributed by atoms with E-state index in [1.807, 2.05) is 6.07 Å². The molecule has 0 bridgehead atoms. The summed E-state index contributed by atoms with van der Waals surface area (Å²) in [5, 5.41) is 0. The molecular formula is C12H9BrClF2NOS. The Morgan fingerprint density at radius 3 is 2.63 bits per heavy atom. The number of thiophene rings is 1. The first-order valence-corrected chi connectivity index (χ1v) is 7.21. The van der Waals surface area contributed by atoms with E-state index in [4.69, 9.17) is 17.3 Å². The molecule has 1 aromatic carbocycles. The predicted molar refractivity (Wildman–Crippen MR) is 76.1 cm³/mol. The molecule has 1 atom stereocenters. The summed E-state index contributed by atoms with van der Waals surface area (Å²) in [5.41, 5.74) is 6.77. The summed E-state index contributed by atoms with van der Waals surface area (Å²) in [6.45, 7) is -2.85. The van der Waals surface area contributed by atoms with Gasteiger partial charge in [-0.05, 0) is 39.7 Å². The summed E-state index contributed by atoms with van der Waals surface area (Å²) in [4.78, 5) is 0.839. The van der Waals surface area contributed by atoms with Crippen LogP contribution in [0.4, 0.5) is 8.78 Å². The normalized spacial score (nSPS) is 12.7. The molecule has 2 nitrogen and oxygen atoms in total. The lowest BCUT2D eigenvalue weighted by Gasteiger charge is -2.12. The monoisotopic (exact) mass is 367 g/mol. The van der Waals surface area contributed by atoms with E-state index >= 15 is 0 Å². The molecule has 2 rings (SSSR count). The summed E-state index contributed by atoms with van der Waals surface area (Å²) in [5.74, 6) is 0.0877. The molecule has 0 spiro atoms. The van der Waals surface area contributed by atoms with Gasteiger partial charge in [0.25, 0.3) is 0 Å². The Labute approximate surface area is 126 Å². The van der Waals surface area contributed by atoms with E-state index in [9.17, 15) is 8.78 Å². The number of alkyl halides is 2. The van der Waals surface area contributed by atoms with Crippen molar-refractivity contribution in [2.24, 2.45) is 5.73 Å². The highest BCUT2D eigenvalue weighted by molar-refractivity contribution is 9.10. The van der Waals surface area contributed by atoms with Gasteiger partial charge >= 0.3 is 6.61 Å². The second-order valence-corrected chi connectivity index (χ2v) is 6.24. The van der Waals surface area contributed by atoms with Crippen LogP contribution in [-0.2, 0) is 0 Å². The number of benzene rings is 1. The molecule has 2 N–H and O–H groups in total. The molecule has 1 unspecified atom stereocenters. The number of nitrogens with two attached hydrogens (primary N) is 1. The average Bonchev–Trinajstić information content (AvgIpc) is 2.68. The molecule has 1 aromatic heterocycles. The third-order valence-electron chi connectivity index (χ3n) is 2.41. The molecule has 102 valence electrons. The first-order valence-electron chi connectivity index (χ1n) is 5.22. The van der Waals surface area contributed by atoms with Gasteiger partial charge in [0.05, 0.1) is 6.04 Å². The molecule has 0 saturated heterocycles. The number of ether oxygens (including phenoxy) is 1. The minimum absolute atomic E-state index is 0.0877. The van der Waals surface area contributed by atoms with E-state index in [1.165, 1.54) is 23.5 Å². The molecule has 0 amide bonds. The van der Waals surface area contributed by atoms with Crippen molar-refractivity contribution in [3.05, 3.63) is 49.6 Å². The standard InChI is InChI=1S/C12H9BrClF2NOS/c13-8-5-9(19-11(8)14)10(17)6-2-1-3-7(4-6)18-12(15)16/h1-5,10,12H,17H2. The maximum atomic E-state index is 12.2. The zero-order chi connectivity index (χ0) is 14.0. The van der Waals surface area contributed by atoms with E-state index in [0.717, 1.165) is 9.35 Å². The van der Waals surface area contributed by atoms with Crippen LogP contribution >= 0.6 is 38.9 Å². The maximum absolute atomic E-state index is 12.2. The first-order chi connectivity index (χ1) is 8.97. The first kappa shape index (κ1) is 14.7. The lowest BCUT2D eigenvalue weighted by atomic mass is 10.1. The number of halogens is 4. The van der Waals surface area contributed by atoms with E-state index in [1.54, 1.807) is 12.1 Å². The van der Waals surface area contributed by atoms with Gasteiger partial charge in [-0.3, -0.25) is 0 Å². The summed E-state index contributed by atoms with van der Waals surface area (Å²) >= 11 is 10.6. The van der Waals surface area contributed by atoms with Crippen LogP contribution in [0.1, 0.15) is 16.5 Å². The molecule has 0 aliphatic heterocycles. The molecule has 0 aliphatic carbocycles. The van der Waals surface area contributed by atoms with Crippen LogP contribution in [0.15, 0.2) is 34.8 Å². The quantitative estimate of drug-likeness (QED) is 0.840. The van der Waals surface area contributed by atoms with Crippen LogP contribution in [0.25, 0.3) is 0 Å². The highest BCUT2D eigenvalue weighted by Crippen LogP contribution is 2.36. The van der Waals surface area contributed by atoms with Crippen LogP contribution in [0.5, 0.6) is 5.75 Å². The van der Waals surface area contributed by atoms with Crippen molar-refractivity contribution in [1.29, 1.82) is 0 Å². The van der Waals surface area contributed by atoms with Crippen molar-refractivity contribution in [3.8, 4) is 5.75 Å². The number of hydrogen-bond donors (Lipinski definition) is 1. The second kappa shape index (κ2) is 6.17. The Morgan fingerprint density at radius 1 is 1.32 bits per heavy atom. The van der Waals surface area contributed by atoms with E-state index in [2.05, 4.69) is 20.7 Å². The fourth-order valence-electron chi connectivity index (χ4n) is 1.57. The molecule has 7 heteroatoms. The molecule has 1 heterocycles. The minimum atomic E-state index is -2.85. The predicted octanol–water partition coefficient (Wildman–Crippen LogP) is 4.81. The van der Waals surface area contributed by atoms with E-state index < -0.39 is 12.7 Å². The SMILES string of the molecule is NC(c1cccc(OC(F)F)c1)c1cc(Br)c(Cl)s1. The highest BCUT2D eigenvalue weighted by Gasteiger charge is 2.15. The van der Waals surface area contributed by atoms with Crippen LogP contribution in [0.3, 0.4) is 0 Å². The summed E-state index contributed by atoms with van der Waals surface area (Å²) in [7, 11) is 0. The van der Waals surface area contributed by atoms with Crippen molar-refractivity contribution in [2.75, 3.05) is 0 Å². The summed E-state index contributed by atoms with van der Waals surface area (Å²) in [6, 6.07) is 7.72. The Bertz CT molecular complexity index is 559. The van der Waals surface area contributed by atoms with Crippen molar-refractivity contribution < 1.29 is 13.5 Å². The van der Waals surface area contributed by atoms with Gasteiger partial charge in [-0.1, -0.05) is 23.7 Å². The lowest BCUT2D eigenvalue weighted by Crippen LogP contribution is -2.10. The molecule has 0 radical (unpaired) electrons. The Hall–Kier alpha value is -0.690. The van der Waals surface area contributed by atoms with Gasteiger partial charge in [-0.15, -0.1) is 11.3 Å². The van der Waals surface area contributed by atoms with Gasteiger partial charge in [0, 0.05) is 9.35 Å². The van der Waals surface area contributed by atoms with Crippen LogP contribution in [-0.4, -0.2) is 6.61 Å². The Balaban J connectivity index is 2.25. The zero-order valence-electron chi connectivity index (χ0n) is 9.45. The molecule has 0 saturated carbocycles. The Kier molecular flexibility index (Phi) is 4.78.